The van der Waals surface area contributed by atoms with Gasteiger partial charge in [-0.2, -0.15) is 0 Å². The molecule has 2 saturated heterocycles. The van der Waals surface area contributed by atoms with Gasteiger partial charge in [0.15, 0.2) is 5.78 Å². The van der Waals surface area contributed by atoms with E-state index in [1.54, 1.807) is 0 Å². The van der Waals surface area contributed by atoms with Crippen LogP contribution >= 0.6 is 0 Å². The molecule has 0 amide bonds. The number of carbonyl (C=O) groups is 1. The summed E-state index contributed by atoms with van der Waals surface area (Å²) < 4.78 is 13.3. The molecule has 0 spiro atoms. The minimum absolute atomic E-state index is 0.160. The van der Waals surface area contributed by atoms with Crippen molar-refractivity contribution in [2.24, 2.45) is 5.92 Å². The highest BCUT2D eigenvalue weighted by Crippen LogP contribution is 2.50. The molecule has 42 heavy (non-hydrogen) atoms. The molecule has 2 aliphatic heterocycles. The Morgan fingerprint density at radius 2 is 1.33 bits per heavy atom. The number of nitrogens with zero attached hydrogens (tertiary/aromatic N) is 1. The molecule has 2 unspecified atom stereocenters. The van der Waals surface area contributed by atoms with Crippen LogP contribution in [0.25, 0.3) is 6.08 Å². The Kier molecular flexibility index (Phi) is 14.1. The van der Waals surface area contributed by atoms with Crippen molar-refractivity contribution in [1.82, 2.24) is 0 Å². The van der Waals surface area contributed by atoms with Crippen molar-refractivity contribution in [1.29, 1.82) is 0 Å². The smallest absolute Gasteiger partial charge is 0.190 e. The summed E-state index contributed by atoms with van der Waals surface area (Å²) in [7, 11) is 4.72. The fraction of sp³-hybridized carbons (Fsp3) is 0.763. The van der Waals surface area contributed by atoms with E-state index >= 15 is 0 Å². The minimum Gasteiger partial charge on any atom is -0.493 e. The van der Waals surface area contributed by atoms with E-state index in [0.29, 0.717) is 0 Å². The normalized spacial score (nSPS) is 22.7. The molecule has 4 heteroatoms. The topological polar surface area (TPSA) is 35.5 Å². The largest absolute Gasteiger partial charge is 0.493 e. The van der Waals surface area contributed by atoms with Crippen LogP contribution in [0.4, 0.5) is 0 Å². The van der Waals surface area contributed by atoms with E-state index in [4.69, 9.17) is 9.47 Å². The summed E-state index contributed by atoms with van der Waals surface area (Å²) in [5.41, 5.74) is 1.01. The van der Waals surface area contributed by atoms with Crippen molar-refractivity contribution in [3.63, 3.8) is 0 Å². The van der Waals surface area contributed by atoms with E-state index in [-0.39, 0.29) is 17.3 Å². The predicted octanol–water partition coefficient (Wildman–Crippen LogP) is 9.94. The van der Waals surface area contributed by atoms with Crippen LogP contribution in [0.5, 0.6) is 5.75 Å². The molecular formula is C38H64NO3+. The lowest BCUT2D eigenvalue weighted by Gasteiger charge is -2.53. The van der Waals surface area contributed by atoms with E-state index in [0.717, 1.165) is 53.8 Å². The van der Waals surface area contributed by atoms with E-state index in [1.807, 2.05) is 19.1 Å². The standard InChI is InChI=1S/C38H64NO3/c1-7-8-9-10-11-12-13-14-15-16-17-18-19-20-28-39(5,6)29-21-30-41-33-24-22-32(23-25-33)31-34-35-26-27-38(4,36(34)40)42-37(35,2)3/h22-25,31,35H,7-21,26-30H2,1-6H3/q+1/b34-31-. The number of fused-ring (bicyclic) bond motifs is 3. The number of ether oxygens (including phenoxy) is 2. The minimum atomic E-state index is -0.675. The lowest BCUT2D eigenvalue weighted by atomic mass is 9.65. The molecule has 3 aliphatic rings. The third-order valence-corrected chi connectivity index (χ3v) is 9.85. The quantitative estimate of drug-likeness (QED) is 0.0822. The Hall–Kier alpha value is -1.65. The maximum atomic E-state index is 13.1. The number of quaternary nitrogens is 1. The van der Waals surface area contributed by atoms with Crippen LogP contribution < -0.4 is 4.74 Å². The van der Waals surface area contributed by atoms with Gasteiger partial charge in [-0.05, 0) is 70.2 Å². The van der Waals surface area contributed by atoms with Crippen LogP contribution in [0, 0.1) is 5.92 Å². The van der Waals surface area contributed by atoms with Gasteiger partial charge in [0.05, 0.1) is 39.4 Å². The second-order valence-electron chi connectivity index (χ2n) is 14.7. The van der Waals surface area contributed by atoms with Crippen LogP contribution in [-0.2, 0) is 9.53 Å². The first kappa shape index (κ1) is 34.8. The third kappa shape index (κ3) is 11.1. The molecule has 0 aromatic heterocycles. The van der Waals surface area contributed by atoms with E-state index in [2.05, 4.69) is 53.1 Å². The number of unbranched alkanes of at least 4 members (excludes halogenated alkanes) is 13. The Balaban J connectivity index is 1.24. The second-order valence-corrected chi connectivity index (χ2v) is 14.7. The molecule has 238 valence electrons. The van der Waals surface area contributed by atoms with Crippen LogP contribution in [0.2, 0.25) is 0 Å². The van der Waals surface area contributed by atoms with E-state index in [9.17, 15) is 4.79 Å². The molecule has 1 aromatic rings. The fourth-order valence-electron chi connectivity index (χ4n) is 7.16. The first-order valence-electron chi connectivity index (χ1n) is 17.6. The van der Waals surface area contributed by atoms with Gasteiger partial charge >= 0.3 is 0 Å². The van der Waals surface area contributed by atoms with Gasteiger partial charge in [-0.15, -0.1) is 0 Å². The van der Waals surface area contributed by atoms with Crippen LogP contribution in [0.3, 0.4) is 0 Å². The Labute approximate surface area is 259 Å². The van der Waals surface area contributed by atoms with E-state index in [1.165, 1.54) is 96.4 Å². The number of rotatable bonds is 21. The van der Waals surface area contributed by atoms with Crippen molar-refractivity contribution in [3.05, 3.63) is 35.4 Å². The number of ketones is 1. The molecule has 1 saturated carbocycles. The van der Waals surface area contributed by atoms with Gasteiger partial charge in [0.25, 0.3) is 0 Å². The zero-order valence-electron chi connectivity index (χ0n) is 28.3. The average molecular weight is 583 g/mol. The number of hydrogen-bond donors (Lipinski definition) is 0. The summed E-state index contributed by atoms with van der Waals surface area (Å²) in [5.74, 6) is 1.23. The Morgan fingerprint density at radius 3 is 1.88 bits per heavy atom. The highest BCUT2D eigenvalue weighted by Gasteiger charge is 2.56. The zero-order chi connectivity index (χ0) is 30.5. The highest BCUT2D eigenvalue weighted by atomic mass is 16.5. The average Bonchev–Trinajstić information content (AvgIpc) is 2.94. The monoisotopic (exact) mass is 582 g/mol. The van der Waals surface area contributed by atoms with Crippen molar-refractivity contribution in [3.8, 4) is 5.75 Å². The number of hydrogen-bond acceptors (Lipinski definition) is 3. The molecule has 3 fully saturated rings. The highest BCUT2D eigenvalue weighted by molar-refractivity contribution is 6.07. The van der Waals surface area contributed by atoms with Crippen molar-refractivity contribution in [2.45, 2.75) is 148 Å². The van der Waals surface area contributed by atoms with Crippen LogP contribution in [0.15, 0.2) is 29.8 Å². The van der Waals surface area contributed by atoms with Gasteiger partial charge < -0.3 is 14.0 Å². The molecular weight excluding hydrogens is 518 g/mol. The van der Waals surface area contributed by atoms with Gasteiger partial charge in [-0.1, -0.05) is 96.1 Å². The van der Waals surface area contributed by atoms with Crippen molar-refractivity contribution < 1.29 is 18.8 Å². The van der Waals surface area contributed by atoms with Gasteiger partial charge in [-0.3, -0.25) is 4.79 Å². The van der Waals surface area contributed by atoms with Gasteiger partial charge in [0.1, 0.15) is 11.4 Å². The van der Waals surface area contributed by atoms with Crippen LogP contribution in [-0.4, -0.2) is 55.3 Å². The second kappa shape index (κ2) is 17.0. The van der Waals surface area contributed by atoms with Gasteiger partial charge in [-0.25, -0.2) is 0 Å². The van der Waals surface area contributed by atoms with Crippen molar-refractivity contribution >= 4 is 11.9 Å². The summed E-state index contributed by atoms with van der Waals surface area (Å²) in [6.07, 6.45) is 24.8. The third-order valence-electron chi connectivity index (χ3n) is 9.85. The molecule has 2 heterocycles. The summed E-state index contributed by atoms with van der Waals surface area (Å²) >= 11 is 0. The number of carbonyl (C=O) groups excluding carboxylic acids is 1. The maximum absolute atomic E-state index is 13.1. The molecule has 2 bridgehead atoms. The number of benzene rings is 1. The zero-order valence-corrected chi connectivity index (χ0v) is 28.3. The molecule has 0 N–H and O–H groups in total. The molecule has 1 aromatic carbocycles. The van der Waals surface area contributed by atoms with E-state index < -0.39 is 5.60 Å². The molecule has 4 nitrogen and oxygen atoms in total. The summed E-state index contributed by atoms with van der Waals surface area (Å²) in [4.78, 5) is 13.1. The molecule has 0 radical (unpaired) electrons. The van der Waals surface area contributed by atoms with Gasteiger partial charge in [0.2, 0.25) is 0 Å². The lowest BCUT2D eigenvalue weighted by molar-refractivity contribution is -0.890. The van der Waals surface area contributed by atoms with Gasteiger partial charge in [0, 0.05) is 17.9 Å². The summed E-state index contributed by atoms with van der Waals surface area (Å²) in [6.45, 7) is 11.6. The first-order chi connectivity index (χ1) is 20.1. The summed E-state index contributed by atoms with van der Waals surface area (Å²) in [5, 5.41) is 0. The molecule has 2 atom stereocenters. The molecule has 4 rings (SSSR count). The first-order valence-corrected chi connectivity index (χ1v) is 17.6. The molecule has 1 aliphatic carbocycles. The van der Waals surface area contributed by atoms with Crippen molar-refractivity contribution in [2.75, 3.05) is 33.8 Å². The Morgan fingerprint density at radius 1 is 0.810 bits per heavy atom. The fourth-order valence-corrected chi connectivity index (χ4v) is 7.16. The summed E-state index contributed by atoms with van der Waals surface area (Å²) in [6, 6.07) is 8.22. The SMILES string of the molecule is CCCCCCCCCCCCCCCC[N+](C)(C)CCCOc1ccc(/C=C2\C(=O)C3(C)CCC2C(C)(C)O3)cc1. The Bertz CT molecular complexity index is 963. The number of Topliss-reactive ketones (excluding diaryl/α,β-unsaturated/α-hetero) is 1. The van der Waals surface area contributed by atoms with Crippen LogP contribution in [0.1, 0.15) is 142 Å². The maximum Gasteiger partial charge on any atom is 0.190 e. The lowest BCUT2D eigenvalue weighted by Crippen LogP contribution is -2.60. The predicted molar refractivity (Wildman–Crippen MR) is 178 cm³/mol.